The molecule has 6 heteroatoms. The largest absolute Gasteiger partial charge is 0.314 e. The van der Waals surface area contributed by atoms with Crippen LogP contribution in [0.5, 0.6) is 0 Å². The molecule has 23 heavy (non-hydrogen) atoms. The first-order valence-electron chi connectivity index (χ1n) is 8.38. The average molecular weight is 359 g/mol. The van der Waals surface area contributed by atoms with E-state index >= 15 is 0 Å². The molecule has 1 aromatic rings. The molecule has 1 aliphatic heterocycles. The fraction of sp³-hybridized carbons (Fsp3) is 0.647. The number of aryl methyl sites for hydroxylation is 1. The summed E-state index contributed by atoms with van der Waals surface area (Å²) in [6, 6.07) is 10.4. The van der Waals surface area contributed by atoms with Gasteiger partial charge in [0.25, 0.3) is 0 Å². The highest BCUT2D eigenvalue weighted by molar-refractivity contribution is 7.89. The minimum Gasteiger partial charge on any atom is -0.314 e. The van der Waals surface area contributed by atoms with Gasteiger partial charge in [0.05, 0.1) is 5.75 Å². The zero-order valence-corrected chi connectivity index (χ0v) is 15.1. The molecule has 2 aliphatic rings. The van der Waals surface area contributed by atoms with Crippen LogP contribution in [0.1, 0.15) is 31.2 Å². The Kier molecular flexibility index (Phi) is 6.89. The lowest BCUT2D eigenvalue weighted by Crippen LogP contribution is -2.46. The molecule has 2 fully saturated rings. The first kappa shape index (κ1) is 18.7. The highest BCUT2D eigenvalue weighted by atomic mass is 35.5. The molecule has 0 bridgehead atoms. The van der Waals surface area contributed by atoms with Gasteiger partial charge >= 0.3 is 0 Å². The van der Waals surface area contributed by atoms with Gasteiger partial charge in [0.2, 0.25) is 10.0 Å². The van der Waals surface area contributed by atoms with E-state index in [9.17, 15) is 8.42 Å². The first-order valence-corrected chi connectivity index (χ1v) is 9.99. The number of piperidine rings is 1. The Morgan fingerprint density at radius 1 is 1.04 bits per heavy atom. The highest BCUT2D eigenvalue weighted by Gasteiger charge is 2.29. The van der Waals surface area contributed by atoms with E-state index in [0.717, 1.165) is 30.9 Å². The maximum absolute atomic E-state index is 12.4. The third-order valence-electron chi connectivity index (χ3n) is 4.73. The van der Waals surface area contributed by atoms with Gasteiger partial charge in [-0.3, -0.25) is 0 Å². The van der Waals surface area contributed by atoms with Crippen molar-refractivity contribution in [1.82, 2.24) is 9.62 Å². The second kappa shape index (κ2) is 8.47. The normalized spacial score (nSPS) is 20.2. The Morgan fingerprint density at radius 3 is 2.30 bits per heavy atom. The molecule has 0 aromatic heterocycles. The first-order chi connectivity index (χ1) is 10.6. The zero-order valence-electron chi connectivity index (χ0n) is 13.5. The van der Waals surface area contributed by atoms with Crippen LogP contribution in [0.15, 0.2) is 30.3 Å². The standard InChI is InChI=1S/C17H26N2O2S.ClH/c20-22(21,13-10-15-4-2-1-3-5-15)19-11-8-17(9-12-19)18-14-16-6-7-16;/h1-5,16-18H,6-14H2;1H. The lowest BCUT2D eigenvalue weighted by molar-refractivity contribution is 0.288. The van der Waals surface area contributed by atoms with Crippen molar-refractivity contribution in [3.05, 3.63) is 35.9 Å². The average Bonchev–Trinajstić information content (AvgIpc) is 3.37. The van der Waals surface area contributed by atoms with E-state index in [1.807, 2.05) is 30.3 Å². The van der Waals surface area contributed by atoms with E-state index < -0.39 is 10.0 Å². The Bertz CT molecular complexity index is 568. The van der Waals surface area contributed by atoms with Gasteiger partial charge in [0.1, 0.15) is 0 Å². The van der Waals surface area contributed by atoms with Crippen molar-refractivity contribution in [3.8, 4) is 0 Å². The van der Waals surface area contributed by atoms with Gasteiger partial charge in [-0.2, -0.15) is 0 Å². The van der Waals surface area contributed by atoms with Gasteiger partial charge in [-0.15, -0.1) is 12.4 Å². The minimum atomic E-state index is -3.12. The molecule has 1 saturated heterocycles. The summed E-state index contributed by atoms with van der Waals surface area (Å²) in [5, 5.41) is 3.59. The van der Waals surface area contributed by atoms with Gasteiger partial charge in [-0.25, -0.2) is 12.7 Å². The Balaban J connectivity index is 0.00000192. The van der Waals surface area contributed by atoms with Gasteiger partial charge < -0.3 is 5.32 Å². The molecule has 130 valence electrons. The number of hydrogen-bond donors (Lipinski definition) is 1. The van der Waals surface area contributed by atoms with Gasteiger partial charge in [0, 0.05) is 19.1 Å². The van der Waals surface area contributed by atoms with Gasteiger partial charge in [0.15, 0.2) is 0 Å². The third-order valence-corrected chi connectivity index (χ3v) is 6.60. The Labute approximate surface area is 146 Å². The lowest BCUT2D eigenvalue weighted by Gasteiger charge is -2.31. The predicted octanol–water partition coefficient (Wildman–Crippen LogP) is 2.44. The van der Waals surface area contributed by atoms with Crippen molar-refractivity contribution in [1.29, 1.82) is 0 Å². The lowest BCUT2D eigenvalue weighted by atomic mass is 10.1. The molecule has 1 heterocycles. The number of rotatable bonds is 7. The van der Waals surface area contributed by atoms with Crippen LogP contribution in [0, 0.1) is 5.92 Å². The van der Waals surface area contributed by atoms with Crippen LogP contribution < -0.4 is 5.32 Å². The predicted molar refractivity (Wildman–Crippen MR) is 96.5 cm³/mol. The highest BCUT2D eigenvalue weighted by Crippen LogP contribution is 2.28. The van der Waals surface area contributed by atoms with E-state index in [1.165, 1.54) is 12.8 Å². The monoisotopic (exact) mass is 358 g/mol. The summed E-state index contributed by atoms with van der Waals surface area (Å²) in [6.45, 7) is 2.45. The topological polar surface area (TPSA) is 49.4 Å². The molecule has 3 rings (SSSR count). The molecule has 0 amide bonds. The maximum Gasteiger partial charge on any atom is 0.214 e. The summed E-state index contributed by atoms with van der Waals surface area (Å²) in [6.07, 6.45) is 5.21. The summed E-state index contributed by atoms with van der Waals surface area (Å²) in [5.41, 5.74) is 1.09. The summed E-state index contributed by atoms with van der Waals surface area (Å²) >= 11 is 0. The van der Waals surface area contributed by atoms with E-state index in [4.69, 9.17) is 0 Å². The molecular formula is C17H27ClN2O2S. The molecule has 1 saturated carbocycles. The van der Waals surface area contributed by atoms with Gasteiger partial charge in [-0.1, -0.05) is 30.3 Å². The van der Waals surface area contributed by atoms with E-state index in [2.05, 4.69) is 5.32 Å². The summed E-state index contributed by atoms with van der Waals surface area (Å²) in [7, 11) is -3.12. The van der Waals surface area contributed by atoms with E-state index in [-0.39, 0.29) is 18.2 Å². The van der Waals surface area contributed by atoms with Crippen LogP contribution in [0.25, 0.3) is 0 Å². The van der Waals surface area contributed by atoms with Crippen molar-refractivity contribution in [3.63, 3.8) is 0 Å². The van der Waals surface area contributed by atoms with Crippen molar-refractivity contribution < 1.29 is 8.42 Å². The number of nitrogens with one attached hydrogen (secondary N) is 1. The number of nitrogens with zero attached hydrogens (tertiary/aromatic N) is 1. The molecule has 0 atom stereocenters. The van der Waals surface area contributed by atoms with Crippen LogP contribution in [-0.2, 0) is 16.4 Å². The van der Waals surface area contributed by atoms with E-state index in [0.29, 0.717) is 25.6 Å². The molecule has 1 N–H and O–H groups in total. The minimum absolute atomic E-state index is 0. The second-order valence-corrected chi connectivity index (χ2v) is 8.67. The Morgan fingerprint density at radius 2 is 1.70 bits per heavy atom. The number of hydrogen-bond acceptors (Lipinski definition) is 3. The molecule has 0 unspecified atom stereocenters. The van der Waals surface area contributed by atoms with Crippen molar-refractivity contribution >= 4 is 22.4 Å². The summed E-state index contributed by atoms with van der Waals surface area (Å²) in [5.74, 6) is 1.10. The van der Waals surface area contributed by atoms with Crippen LogP contribution in [0.4, 0.5) is 0 Å². The zero-order chi connectivity index (χ0) is 15.4. The van der Waals surface area contributed by atoms with Gasteiger partial charge in [-0.05, 0) is 50.1 Å². The molecule has 0 radical (unpaired) electrons. The maximum atomic E-state index is 12.4. The summed E-state index contributed by atoms with van der Waals surface area (Å²) < 4.78 is 26.6. The number of benzene rings is 1. The smallest absolute Gasteiger partial charge is 0.214 e. The fourth-order valence-corrected chi connectivity index (χ4v) is 4.53. The number of halogens is 1. The fourth-order valence-electron chi connectivity index (χ4n) is 3.01. The van der Waals surface area contributed by atoms with Crippen LogP contribution >= 0.6 is 12.4 Å². The van der Waals surface area contributed by atoms with Crippen LogP contribution in [0.3, 0.4) is 0 Å². The second-order valence-electron chi connectivity index (χ2n) is 6.58. The SMILES string of the molecule is Cl.O=S(=O)(CCc1ccccc1)N1CCC(NCC2CC2)CC1. The molecule has 1 aliphatic carbocycles. The van der Waals surface area contributed by atoms with Crippen molar-refractivity contribution in [2.24, 2.45) is 5.92 Å². The molecule has 1 aromatic carbocycles. The van der Waals surface area contributed by atoms with Crippen LogP contribution in [0.2, 0.25) is 0 Å². The quantitative estimate of drug-likeness (QED) is 0.814. The molecular weight excluding hydrogens is 332 g/mol. The van der Waals surface area contributed by atoms with Crippen molar-refractivity contribution in [2.75, 3.05) is 25.4 Å². The molecule has 0 spiro atoms. The number of sulfonamides is 1. The molecule has 4 nitrogen and oxygen atoms in total. The van der Waals surface area contributed by atoms with E-state index in [1.54, 1.807) is 4.31 Å². The third kappa shape index (κ3) is 5.75. The summed E-state index contributed by atoms with van der Waals surface area (Å²) in [4.78, 5) is 0. The Hall–Kier alpha value is -0.620. The van der Waals surface area contributed by atoms with Crippen LogP contribution in [-0.4, -0.2) is 44.2 Å². The van der Waals surface area contributed by atoms with Crippen molar-refractivity contribution in [2.45, 2.75) is 38.1 Å².